The van der Waals surface area contributed by atoms with Crippen molar-refractivity contribution in [1.82, 2.24) is 24.4 Å². The van der Waals surface area contributed by atoms with Crippen LogP contribution in [0.4, 0.5) is 0 Å². The Labute approximate surface area is 218 Å². The number of fused-ring (bicyclic) bond motifs is 2. The first-order valence-corrected chi connectivity index (χ1v) is 13.1. The van der Waals surface area contributed by atoms with Gasteiger partial charge >= 0.3 is 0 Å². The van der Waals surface area contributed by atoms with E-state index >= 15 is 0 Å². The summed E-state index contributed by atoms with van der Waals surface area (Å²) in [6, 6.07) is 20.8. The van der Waals surface area contributed by atoms with Gasteiger partial charge in [0.15, 0.2) is 11.3 Å². The van der Waals surface area contributed by atoms with E-state index in [2.05, 4.69) is 77.5 Å². The predicted octanol–water partition coefficient (Wildman–Crippen LogP) is 4.96. The third-order valence-electron chi connectivity index (χ3n) is 7.17. The first kappa shape index (κ1) is 25.0. The smallest absolute Gasteiger partial charge is 0.274 e. The van der Waals surface area contributed by atoms with Crippen molar-refractivity contribution < 1.29 is 9.53 Å². The van der Waals surface area contributed by atoms with Crippen LogP contribution in [-0.4, -0.2) is 63.6 Å². The molecule has 0 saturated heterocycles. The third-order valence-corrected chi connectivity index (χ3v) is 7.17. The number of amides is 1. The average Bonchev–Trinajstić information content (AvgIpc) is 3.34. The van der Waals surface area contributed by atoms with Gasteiger partial charge in [0.05, 0.1) is 12.7 Å². The van der Waals surface area contributed by atoms with Crippen LogP contribution in [0.3, 0.4) is 0 Å². The Kier molecular flexibility index (Phi) is 7.80. The molecule has 0 spiro atoms. The zero-order valence-electron chi connectivity index (χ0n) is 21.7. The van der Waals surface area contributed by atoms with Gasteiger partial charge in [-0.2, -0.15) is 5.10 Å². The summed E-state index contributed by atoms with van der Waals surface area (Å²) in [6.07, 6.45) is 6.29. The monoisotopic (exact) mass is 497 g/mol. The van der Waals surface area contributed by atoms with Gasteiger partial charge in [-0.05, 0) is 69.5 Å². The minimum Gasteiger partial charge on any atom is -0.491 e. The van der Waals surface area contributed by atoms with E-state index in [0.29, 0.717) is 37.0 Å². The highest BCUT2D eigenvalue weighted by Gasteiger charge is 2.22. The standard InChI is InChI=1S/C30H35N5O2/c1-23-12-13-28-26(20-23)22-33(2)17-14-25(24-8-4-3-5-9-24)10-7-16-34(18-19-37-28)30(36)27-21-31-29-11-6-15-32-35(27)29/h3-6,8-9,11-13,15,20-21,25H,7,10,14,16-19,22H2,1-2H3. The number of carbonyl (C=O) groups excluding carboxylic acids is 1. The molecule has 1 amide bonds. The fourth-order valence-corrected chi connectivity index (χ4v) is 5.17. The summed E-state index contributed by atoms with van der Waals surface area (Å²) < 4.78 is 7.87. The first-order valence-electron chi connectivity index (χ1n) is 13.1. The van der Waals surface area contributed by atoms with Gasteiger partial charge in [-0.15, -0.1) is 0 Å². The van der Waals surface area contributed by atoms with E-state index in [1.54, 1.807) is 16.9 Å². The second-order valence-corrected chi connectivity index (χ2v) is 9.97. The topological polar surface area (TPSA) is 63.0 Å². The maximum Gasteiger partial charge on any atom is 0.274 e. The zero-order chi connectivity index (χ0) is 25.6. The van der Waals surface area contributed by atoms with Crippen LogP contribution in [0.25, 0.3) is 5.65 Å². The van der Waals surface area contributed by atoms with Crippen LogP contribution >= 0.6 is 0 Å². The highest BCUT2D eigenvalue weighted by molar-refractivity contribution is 5.93. The summed E-state index contributed by atoms with van der Waals surface area (Å²) in [4.78, 5) is 22.3. The molecule has 1 aliphatic rings. The highest BCUT2D eigenvalue weighted by atomic mass is 16.5. The number of nitrogens with zero attached hydrogens (tertiary/aromatic N) is 5. The van der Waals surface area contributed by atoms with Crippen molar-refractivity contribution >= 4 is 11.6 Å². The van der Waals surface area contributed by atoms with Gasteiger partial charge in [0, 0.05) is 24.8 Å². The van der Waals surface area contributed by atoms with Crippen LogP contribution < -0.4 is 4.74 Å². The molecule has 0 bridgehead atoms. The Morgan fingerprint density at radius 3 is 2.73 bits per heavy atom. The van der Waals surface area contributed by atoms with Crippen LogP contribution in [0, 0.1) is 6.92 Å². The number of hydrogen-bond donors (Lipinski definition) is 0. The second-order valence-electron chi connectivity index (χ2n) is 9.97. The molecule has 0 saturated carbocycles. The second kappa shape index (κ2) is 11.6. The molecule has 1 aliphatic heterocycles. The molecule has 0 N–H and O–H groups in total. The normalized spacial score (nSPS) is 18.1. The van der Waals surface area contributed by atoms with Crippen LogP contribution in [0.2, 0.25) is 0 Å². The largest absolute Gasteiger partial charge is 0.491 e. The molecule has 1 unspecified atom stereocenters. The number of aromatic nitrogens is 3. The molecule has 2 aromatic heterocycles. The molecule has 37 heavy (non-hydrogen) atoms. The quantitative estimate of drug-likeness (QED) is 0.392. The number of hydrogen-bond acceptors (Lipinski definition) is 5. The minimum atomic E-state index is -0.0676. The molecule has 3 heterocycles. The summed E-state index contributed by atoms with van der Waals surface area (Å²) >= 11 is 0. The number of rotatable bonds is 2. The third kappa shape index (κ3) is 6.00. The summed E-state index contributed by atoms with van der Waals surface area (Å²) in [7, 11) is 2.18. The van der Waals surface area contributed by atoms with Crippen molar-refractivity contribution in [2.24, 2.45) is 0 Å². The van der Waals surface area contributed by atoms with Gasteiger partial charge in [0.1, 0.15) is 12.4 Å². The van der Waals surface area contributed by atoms with Crippen LogP contribution in [0.15, 0.2) is 73.1 Å². The maximum atomic E-state index is 13.7. The molecular weight excluding hydrogens is 462 g/mol. The fourth-order valence-electron chi connectivity index (χ4n) is 5.17. The van der Waals surface area contributed by atoms with E-state index in [1.165, 1.54) is 16.7 Å². The highest BCUT2D eigenvalue weighted by Crippen LogP contribution is 2.27. The van der Waals surface area contributed by atoms with Gasteiger partial charge in [-0.25, -0.2) is 9.50 Å². The lowest BCUT2D eigenvalue weighted by atomic mass is 9.91. The molecule has 0 fully saturated rings. The van der Waals surface area contributed by atoms with Crippen LogP contribution in [0.5, 0.6) is 5.75 Å². The molecular formula is C30H35N5O2. The first-order chi connectivity index (χ1) is 18.1. The molecule has 5 rings (SSSR count). The van der Waals surface area contributed by atoms with Crippen LogP contribution in [0.1, 0.15) is 52.4 Å². The van der Waals surface area contributed by atoms with Crippen molar-refractivity contribution in [1.29, 1.82) is 0 Å². The van der Waals surface area contributed by atoms with Gasteiger partial charge < -0.3 is 14.5 Å². The Bertz CT molecular complexity index is 1340. The van der Waals surface area contributed by atoms with E-state index in [1.807, 2.05) is 17.0 Å². The number of imidazole rings is 1. The number of aryl methyl sites for hydroxylation is 1. The van der Waals surface area contributed by atoms with Gasteiger partial charge in [-0.3, -0.25) is 4.79 Å². The number of benzene rings is 2. The number of carbonyl (C=O) groups is 1. The summed E-state index contributed by atoms with van der Waals surface area (Å²) in [5, 5.41) is 4.35. The van der Waals surface area contributed by atoms with Crippen molar-refractivity contribution in [3.8, 4) is 5.75 Å². The van der Waals surface area contributed by atoms with Crippen molar-refractivity contribution in [3.05, 3.63) is 95.4 Å². The SMILES string of the molecule is Cc1ccc2c(c1)CN(C)CCC(c1ccccc1)CCCN(C(=O)c1cnc3cccnn13)CCO2. The Morgan fingerprint density at radius 2 is 1.86 bits per heavy atom. The van der Waals surface area contributed by atoms with E-state index < -0.39 is 0 Å². The van der Waals surface area contributed by atoms with Crippen molar-refractivity contribution in [2.75, 3.05) is 33.3 Å². The van der Waals surface area contributed by atoms with E-state index in [9.17, 15) is 4.79 Å². The Hall–Kier alpha value is -3.71. The Balaban J connectivity index is 1.41. The van der Waals surface area contributed by atoms with E-state index in [0.717, 1.165) is 38.1 Å². The molecule has 7 nitrogen and oxygen atoms in total. The molecule has 192 valence electrons. The van der Waals surface area contributed by atoms with Crippen molar-refractivity contribution in [2.45, 2.75) is 38.6 Å². The minimum absolute atomic E-state index is 0.0676. The van der Waals surface area contributed by atoms with E-state index in [-0.39, 0.29) is 5.91 Å². The number of ether oxygens (including phenoxy) is 1. The van der Waals surface area contributed by atoms with E-state index in [4.69, 9.17) is 4.74 Å². The lowest BCUT2D eigenvalue weighted by Crippen LogP contribution is -2.36. The predicted molar refractivity (Wildman–Crippen MR) is 145 cm³/mol. The lowest BCUT2D eigenvalue weighted by Gasteiger charge is -2.27. The van der Waals surface area contributed by atoms with Gasteiger partial charge in [0.25, 0.3) is 5.91 Å². The summed E-state index contributed by atoms with van der Waals surface area (Å²) in [5.41, 5.74) is 4.91. The summed E-state index contributed by atoms with van der Waals surface area (Å²) in [5.74, 6) is 1.26. The van der Waals surface area contributed by atoms with Crippen molar-refractivity contribution in [3.63, 3.8) is 0 Å². The van der Waals surface area contributed by atoms with Gasteiger partial charge in [0.2, 0.25) is 0 Å². The van der Waals surface area contributed by atoms with Gasteiger partial charge in [-0.1, -0.05) is 48.0 Å². The average molecular weight is 498 g/mol. The fraction of sp³-hybridized carbons (Fsp3) is 0.367. The zero-order valence-corrected chi connectivity index (χ0v) is 21.7. The molecule has 0 radical (unpaired) electrons. The van der Waals surface area contributed by atoms with Crippen LogP contribution in [-0.2, 0) is 6.54 Å². The molecule has 4 aromatic rings. The molecule has 1 atom stereocenters. The lowest BCUT2D eigenvalue weighted by molar-refractivity contribution is 0.0716. The molecule has 0 aliphatic carbocycles. The summed E-state index contributed by atoms with van der Waals surface area (Å²) in [6.45, 7) is 5.51. The molecule has 7 heteroatoms. The maximum absolute atomic E-state index is 13.7. The Morgan fingerprint density at radius 1 is 1.00 bits per heavy atom. The molecule has 2 aromatic carbocycles.